The average molecular weight is 421 g/mol. The van der Waals surface area contributed by atoms with Crippen molar-refractivity contribution in [3.8, 4) is 0 Å². The number of aryl methyl sites for hydroxylation is 1. The lowest BCUT2D eigenvalue weighted by Gasteiger charge is -2.34. The van der Waals surface area contributed by atoms with Crippen molar-refractivity contribution in [2.75, 3.05) is 49.6 Å². The zero-order chi connectivity index (χ0) is 20.8. The second kappa shape index (κ2) is 9.84. The van der Waals surface area contributed by atoms with Gasteiger partial charge < -0.3 is 19.9 Å². The summed E-state index contributed by atoms with van der Waals surface area (Å²) in [5.41, 5.74) is 1.07. The largest absolute Gasteiger partial charge is 0.379 e. The van der Waals surface area contributed by atoms with E-state index in [2.05, 4.69) is 32.3 Å². The molecule has 1 atom stereocenters. The van der Waals surface area contributed by atoms with Crippen LogP contribution in [-0.2, 0) is 9.53 Å². The van der Waals surface area contributed by atoms with E-state index in [1.54, 1.807) is 24.5 Å². The molecule has 9 nitrogen and oxygen atoms in total. The number of aromatic nitrogens is 3. The Kier molecular flexibility index (Phi) is 7.21. The fraction of sp³-hybridized carbons (Fsp3) is 0.579. The van der Waals surface area contributed by atoms with Gasteiger partial charge in [-0.2, -0.15) is 5.10 Å². The number of hydrogen-bond donors (Lipinski definition) is 2. The summed E-state index contributed by atoms with van der Waals surface area (Å²) in [6.07, 6.45) is 3.84. The molecule has 10 heteroatoms. The first-order valence-electron chi connectivity index (χ1n) is 9.77. The van der Waals surface area contributed by atoms with Crippen molar-refractivity contribution < 1.29 is 9.53 Å². The zero-order valence-corrected chi connectivity index (χ0v) is 17.9. The van der Waals surface area contributed by atoms with Crippen LogP contribution < -0.4 is 15.8 Å². The van der Waals surface area contributed by atoms with Crippen LogP contribution >= 0.6 is 11.3 Å². The topological polar surface area (TPSA) is 103 Å². The first-order chi connectivity index (χ1) is 13.9. The molecule has 1 aliphatic heterocycles. The Bertz CT molecular complexity index is 875. The van der Waals surface area contributed by atoms with Crippen molar-refractivity contribution in [3.63, 3.8) is 0 Å². The molecule has 3 heterocycles. The fourth-order valence-corrected chi connectivity index (χ4v) is 3.94. The summed E-state index contributed by atoms with van der Waals surface area (Å²) in [7, 11) is 0. The number of piperazine rings is 1. The van der Waals surface area contributed by atoms with E-state index >= 15 is 0 Å². The van der Waals surface area contributed by atoms with Gasteiger partial charge in [0.05, 0.1) is 31.5 Å². The maximum atomic E-state index is 12.4. The molecule has 0 unspecified atom stereocenters. The maximum Gasteiger partial charge on any atom is 0.269 e. The standard InChI is InChI=1S/C19H28N6O3S/c1-13(22-16-11-21-23-18(27)15(16)3)12-28-9-4-17(26)24-5-7-25(8-6-24)19-20-10-14(2)29-19/h10-11,13H,4-9,12H2,1-3H3,(H2,22,23,27)/t13-/m0/s1. The van der Waals surface area contributed by atoms with Crippen LogP contribution in [0, 0.1) is 13.8 Å². The number of carbonyl (C=O) groups excluding carboxylic acids is 1. The number of ether oxygens (including phenoxy) is 1. The molecule has 0 bridgehead atoms. The van der Waals surface area contributed by atoms with Crippen LogP contribution in [0.5, 0.6) is 0 Å². The highest BCUT2D eigenvalue weighted by atomic mass is 32.1. The molecule has 3 rings (SSSR count). The van der Waals surface area contributed by atoms with E-state index in [9.17, 15) is 9.59 Å². The maximum absolute atomic E-state index is 12.4. The van der Waals surface area contributed by atoms with E-state index in [4.69, 9.17) is 4.74 Å². The molecule has 0 saturated carbocycles. The predicted octanol–water partition coefficient (Wildman–Crippen LogP) is 1.40. The third-order valence-corrected chi connectivity index (χ3v) is 5.82. The Hall–Kier alpha value is -2.46. The van der Waals surface area contributed by atoms with Gasteiger partial charge >= 0.3 is 0 Å². The second-order valence-corrected chi connectivity index (χ2v) is 8.44. The Balaban J connectivity index is 1.34. The van der Waals surface area contributed by atoms with Crippen molar-refractivity contribution in [2.24, 2.45) is 0 Å². The molecule has 1 aliphatic rings. The first kappa shape index (κ1) is 21.3. The SMILES string of the molecule is Cc1cnc(N2CCN(C(=O)CCOC[C@H](C)Nc3cn[nH]c(=O)c3C)CC2)s1. The number of H-pyrrole nitrogens is 1. The van der Waals surface area contributed by atoms with Crippen molar-refractivity contribution in [3.05, 3.63) is 33.2 Å². The van der Waals surface area contributed by atoms with Crippen molar-refractivity contribution in [2.45, 2.75) is 33.2 Å². The summed E-state index contributed by atoms with van der Waals surface area (Å²) in [6.45, 7) is 9.62. The van der Waals surface area contributed by atoms with Crippen LogP contribution in [0.1, 0.15) is 23.8 Å². The Morgan fingerprint density at radius 2 is 2.07 bits per heavy atom. The summed E-state index contributed by atoms with van der Waals surface area (Å²) in [5.74, 6) is 0.121. The lowest BCUT2D eigenvalue weighted by molar-refractivity contribution is -0.132. The van der Waals surface area contributed by atoms with Gasteiger partial charge in [0.25, 0.3) is 5.56 Å². The van der Waals surface area contributed by atoms with Gasteiger partial charge in [0.15, 0.2) is 5.13 Å². The number of carbonyl (C=O) groups is 1. The molecule has 0 spiro atoms. The van der Waals surface area contributed by atoms with E-state index in [1.807, 2.05) is 18.0 Å². The molecular formula is C19H28N6O3S. The minimum atomic E-state index is -0.209. The third kappa shape index (κ3) is 5.77. The molecule has 0 aromatic carbocycles. The minimum absolute atomic E-state index is 0.00213. The highest BCUT2D eigenvalue weighted by molar-refractivity contribution is 7.15. The Morgan fingerprint density at radius 3 is 2.76 bits per heavy atom. The number of rotatable bonds is 8. The normalized spacial score (nSPS) is 15.4. The van der Waals surface area contributed by atoms with Gasteiger partial charge in [-0.25, -0.2) is 10.1 Å². The summed E-state index contributed by atoms with van der Waals surface area (Å²) in [4.78, 5) is 33.7. The number of aromatic amines is 1. The molecule has 2 N–H and O–H groups in total. The van der Waals surface area contributed by atoms with Gasteiger partial charge in [0.1, 0.15) is 0 Å². The molecule has 1 amide bonds. The molecule has 2 aromatic heterocycles. The Morgan fingerprint density at radius 1 is 1.31 bits per heavy atom. The first-order valence-corrected chi connectivity index (χ1v) is 10.6. The third-order valence-electron chi connectivity index (χ3n) is 4.85. The monoisotopic (exact) mass is 420 g/mol. The number of nitrogens with zero attached hydrogens (tertiary/aromatic N) is 4. The number of thiazole rings is 1. The molecule has 0 aliphatic carbocycles. The number of hydrogen-bond acceptors (Lipinski definition) is 8. The van der Waals surface area contributed by atoms with E-state index < -0.39 is 0 Å². The number of anilines is 2. The average Bonchev–Trinajstić information content (AvgIpc) is 3.15. The molecule has 0 radical (unpaired) electrons. The molecule has 29 heavy (non-hydrogen) atoms. The van der Waals surface area contributed by atoms with Crippen molar-refractivity contribution >= 4 is 28.1 Å². The van der Waals surface area contributed by atoms with E-state index in [0.717, 1.165) is 18.2 Å². The molecular weight excluding hydrogens is 392 g/mol. The van der Waals surface area contributed by atoms with Gasteiger partial charge in [0, 0.05) is 48.9 Å². The van der Waals surface area contributed by atoms with Crippen molar-refractivity contribution in [1.82, 2.24) is 20.1 Å². The van der Waals surface area contributed by atoms with Crippen LogP contribution in [0.2, 0.25) is 0 Å². The van der Waals surface area contributed by atoms with Gasteiger partial charge in [0.2, 0.25) is 5.91 Å². The minimum Gasteiger partial charge on any atom is -0.379 e. The number of amides is 1. The van der Waals surface area contributed by atoms with E-state index in [0.29, 0.717) is 44.0 Å². The summed E-state index contributed by atoms with van der Waals surface area (Å²) in [6, 6.07) is -0.00213. The molecule has 1 saturated heterocycles. The quantitative estimate of drug-likeness (QED) is 0.622. The smallest absolute Gasteiger partial charge is 0.269 e. The lowest BCUT2D eigenvalue weighted by Crippen LogP contribution is -2.49. The second-order valence-electron chi connectivity index (χ2n) is 7.23. The summed E-state index contributed by atoms with van der Waals surface area (Å²) < 4.78 is 5.66. The summed E-state index contributed by atoms with van der Waals surface area (Å²) in [5, 5.41) is 10.4. The Labute approximate surface area is 174 Å². The number of nitrogens with one attached hydrogen (secondary N) is 2. The van der Waals surface area contributed by atoms with Crippen LogP contribution in [-0.4, -0.2) is 71.4 Å². The highest BCUT2D eigenvalue weighted by Crippen LogP contribution is 2.22. The predicted molar refractivity (Wildman–Crippen MR) is 114 cm³/mol. The summed E-state index contributed by atoms with van der Waals surface area (Å²) >= 11 is 1.69. The highest BCUT2D eigenvalue weighted by Gasteiger charge is 2.22. The molecule has 158 valence electrons. The van der Waals surface area contributed by atoms with E-state index in [-0.39, 0.29) is 17.5 Å². The van der Waals surface area contributed by atoms with Crippen LogP contribution in [0.3, 0.4) is 0 Å². The van der Waals surface area contributed by atoms with Crippen LogP contribution in [0.4, 0.5) is 10.8 Å². The van der Waals surface area contributed by atoms with Gasteiger partial charge in [-0.15, -0.1) is 11.3 Å². The molecule has 2 aromatic rings. The molecule has 1 fully saturated rings. The zero-order valence-electron chi connectivity index (χ0n) is 17.1. The fourth-order valence-electron chi connectivity index (χ4n) is 3.12. The van der Waals surface area contributed by atoms with Gasteiger partial charge in [-0.05, 0) is 20.8 Å². The van der Waals surface area contributed by atoms with Crippen molar-refractivity contribution in [1.29, 1.82) is 0 Å². The van der Waals surface area contributed by atoms with Crippen LogP contribution in [0.25, 0.3) is 0 Å². The van der Waals surface area contributed by atoms with E-state index in [1.165, 1.54) is 4.88 Å². The van der Waals surface area contributed by atoms with Crippen LogP contribution in [0.15, 0.2) is 17.2 Å². The lowest BCUT2D eigenvalue weighted by atomic mass is 10.2. The van der Waals surface area contributed by atoms with Gasteiger partial charge in [-0.3, -0.25) is 9.59 Å². The van der Waals surface area contributed by atoms with Gasteiger partial charge in [-0.1, -0.05) is 0 Å².